The smallest absolute Gasteiger partial charge is 0.408 e. The van der Waals surface area contributed by atoms with Crippen LogP contribution in [-0.4, -0.2) is 31.5 Å². The summed E-state index contributed by atoms with van der Waals surface area (Å²) in [4.78, 5) is 13.3. The van der Waals surface area contributed by atoms with Crippen LogP contribution in [0.3, 0.4) is 0 Å². The normalized spacial score (nSPS) is 12.6. The fourth-order valence-corrected chi connectivity index (χ4v) is 5.07. The molecule has 0 fully saturated rings. The lowest BCUT2D eigenvalue weighted by Crippen LogP contribution is -2.36. The Morgan fingerprint density at radius 1 is 1.09 bits per heavy atom. The number of aryl methyl sites for hydroxylation is 1. The first-order valence-electron chi connectivity index (χ1n) is 10.7. The van der Waals surface area contributed by atoms with Crippen LogP contribution in [0.1, 0.15) is 49.3 Å². The maximum atomic E-state index is 12.6. The molecular weight excluding hydrogens is 454 g/mol. The van der Waals surface area contributed by atoms with Crippen LogP contribution in [0.25, 0.3) is 4.96 Å². The number of alkyl carbamates (subject to hydrolysis) is 1. The van der Waals surface area contributed by atoms with Crippen molar-refractivity contribution < 1.29 is 9.53 Å². The van der Waals surface area contributed by atoms with Crippen LogP contribution in [0.2, 0.25) is 0 Å². The number of hydrogen-bond acceptors (Lipinski definition) is 7. The standard InChI is InChI=1S/C24H27N5O2S2/c1-16-10-12-18(13-11-16)15-32-23-28-29-20(26-27-21(29)33-23)19(14-17-8-6-5-7-9-17)25-22(30)31-24(2,3)4/h5-13,19H,14-15H2,1-4H3,(H,25,30). The van der Waals surface area contributed by atoms with Gasteiger partial charge in [0.25, 0.3) is 0 Å². The topological polar surface area (TPSA) is 81.4 Å². The van der Waals surface area contributed by atoms with Crippen LogP contribution in [0, 0.1) is 6.92 Å². The van der Waals surface area contributed by atoms with Gasteiger partial charge < -0.3 is 10.1 Å². The Kier molecular flexibility index (Phi) is 6.99. The molecular formula is C24H27N5O2S2. The lowest BCUT2D eigenvalue weighted by Gasteiger charge is -2.22. The minimum atomic E-state index is -0.595. The van der Waals surface area contributed by atoms with Crippen molar-refractivity contribution in [3.05, 3.63) is 77.1 Å². The van der Waals surface area contributed by atoms with Gasteiger partial charge in [-0.3, -0.25) is 0 Å². The molecule has 1 unspecified atom stereocenters. The van der Waals surface area contributed by atoms with Crippen molar-refractivity contribution in [2.24, 2.45) is 0 Å². The molecule has 7 nitrogen and oxygen atoms in total. The van der Waals surface area contributed by atoms with E-state index in [1.165, 1.54) is 22.5 Å². The molecule has 33 heavy (non-hydrogen) atoms. The fraction of sp³-hybridized carbons (Fsp3) is 0.333. The van der Waals surface area contributed by atoms with Gasteiger partial charge in [0, 0.05) is 12.2 Å². The molecule has 0 radical (unpaired) electrons. The largest absolute Gasteiger partial charge is 0.444 e. The number of fused-ring (bicyclic) bond motifs is 1. The molecule has 4 aromatic rings. The van der Waals surface area contributed by atoms with E-state index in [1.54, 1.807) is 16.3 Å². The summed E-state index contributed by atoms with van der Waals surface area (Å²) in [6, 6.07) is 18.0. The number of thioether (sulfide) groups is 1. The molecule has 2 heterocycles. The number of ether oxygens (including phenoxy) is 1. The quantitative estimate of drug-likeness (QED) is 0.346. The van der Waals surface area contributed by atoms with Crippen LogP contribution in [0.5, 0.6) is 0 Å². The number of aromatic nitrogens is 4. The summed E-state index contributed by atoms with van der Waals surface area (Å²) < 4.78 is 8.12. The molecule has 9 heteroatoms. The van der Waals surface area contributed by atoms with Crippen LogP contribution < -0.4 is 5.32 Å². The van der Waals surface area contributed by atoms with Crippen molar-refractivity contribution in [3.63, 3.8) is 0 Å². The number of rotatable bonds is 7. The summed E-state index contributed by atoms with van der Waals surface area (Å²) in [6.07, 6.45) is 0.0499. The van der Waals surface area contributed by atoms with Gasteiger partial charge >= 0.3 is 6.09 Å². The molecule has 2 aromatic heterocycles. The summed E-state index contributed by atoms with van der Waals surface area (Å²) in [5.74, 6) is 1.40. The molecule has 0 aliphatic rings. The second-order valence-electron chi connectivity index (χ2n) is 8.78. The molecule has 1 atom stereocenters. The van der Waals surface area contributed by atoms with E-state index in [0.717, 1.165) is 15.7 Å². The van der Waals surface area contributed by atoms with E-state index in [-0.39, 0.29) is 0 Å². The van der Waals surface area contributed by atoms with Gasteiger partial charge in [0.2, 0.25) is 4.96 Å². The van der Waals surface area contributed by atoms with E-state index >= 15 is 0 Å². The predicted octanol–water partition coefficient (Wildman–Crippen LogP) is 5.60. The zero-order chi connectivity index (χ0) is 23.4. The van der Waals surface area contributed by atoms with E-state index in [0.29, 0.717) is 17.2 Å². The van der Waals surface area contributed by atoms with E-state index < -0.39 is 17.7 Å². The Morgan fingerprint density at radius 3 is 2.52 bits per heavy atom. The van der Waals surface area contributed by atoms with Crippen LogP contribution >= 0.6 is 23.1 Å². The maximum absolute atomic E-state index is 12.6. The van der Waals surface area contributed by atoms with E-state index in [4.69, 9.17) is 9.84 Å². The molecule has 0 saturated carbocycles. The molecule has 1 N–H and O–H groups in total. The van der Waals surface area contributed by atoms with Gasteiger partial charge in [0.15, 0.2) is 10.2 Å². The van der Waals surface area contributed by atoms with E-state index in [1.807, 2.05) is 51.1 Å². The molecule has 1 amide bonds. The number of nitrogens with zero attached hydrogens (tertiary/aromatic N) is 4. The summed E-state index contributed by atoms with van der Waals surface area (Å²) >= 11 is 3.15. The monoisotopic (exact) mass is 481 g/mol. The lowest BCUT2D eigenvalue weighted by molar-refractivity contribution is 0.0500. The average molecular weight is 482 g/mol. The Labute approximate surface area is 201 Å². The van der Waals surface area contributed by atoms with Crippen LogP contribution in [0.15, 0.2) is 58.9 Å². The third-order valence-electron chi connectivity index (χ3n) is 4.76. The van der Waals surface area contributed by atoms with Crippen molar-refractivity contribution >= 4 is 34.2 Å². The minimum Gasteiger partial charge on any atom is -0.444 e. The van der Waals surface area contributed by atoms with E-state index in [2.05, 4.69) is 46.7 Å². The number of benzene rings is 2. The Morgan fingerprint density at radius 2 is 1.82 bits per heavy atom. The Balaban J connectivity index is 1.56. The summed E-state index contributed by atoms with van der Waals surface area (Å²) in [5.41, 5.74) is 2.96. The summed E-state index contributed by atoms with van der Waals surface area (Å²) in [7, 11) is 0. The van der Waals surface area contributed by atoms with Gasteiger partial charge in [-0.15, -0.1) is 15.3 Å². The van der Waals surface area contributed by atoms with Crippen molar-refractivity contribution in [1.29, 1.82) is 0 Å². The first-order valence-corrected chi connectivity index (χ1v) is 12.5. The average Bonchev–Trinajstić information content (AvgIpc) is 3.33. The van der Waals surface area contributed by atoms with Gasteiger partial charge in [0.1, 0.15) is 5.60 Å². The number of amides is 1. The molecule has 172 valence electrons. The highest BCUT2D eigenvalue weighted by Crippen LogP contribution is 2.29. The van der Waals surface area contributed by atoms with Crippen molar-refractivity contribution in [2.45, 2.75) is 55.9 Å². The molecule has 0 saturated heterocycles. The minimum absolute atomic E-state index is 0.436. The zero-order valence-electron chi connectivity index (χ0n) is 19.1. The highest BCUT2D eigenvalue weighted by molar-refractivity contribution is 8.00. The van der Waals surface area contributed by atoms with Gasteiger partial charge in [-0.1, -0.05) is 83.3 Å². The third kappa shape index (κ3) is 6.33. The maximum Gasteiger partial charge on any atom is 0.408 e. The van der Waals surface area contributed by atoms with Gasteiger partial charge in [-0.2, -0.15) is 4.52 Å². The van der Waals surface area contributed by atoms with Gasteiger partial charge in [0.05, 0.1) is 6.04 Å². The SMILES string of the molecule is Cc1ccc(CSc2nn3c(C(Cc4ccccc4)NC(=O)OC(C)(C)C)nnc3s2)cc1. The molecule has 0 aliphatic carbocycles. The fourth-order valence-electron chi connectivity index (χ4n) is 3.23. The molecule has 0 bridgehead atoms. The van der Waals surface area contributed by atoms with Crippen molar-refractivity contribution in [3.8, 4) is 0 Å². The number of carbonyl (C=O) groups excluding carboxylic acids is 1. The summed E-state index contributed by atoms with van der Waals surface area (Å²) in [5, 5.41) is 16.4. The highest BCUT2D eigenvalue weighted by atomic mass is 32.2. The number of nitrogens with one attached hydrogen (secondary N) is 1. The molecule has 4 rings (SSSR count). The number of hydrogen-bond donors (Lipinski definition) is 1. The van der Waals surface area contributed by atoms with Gasteiger partial charge in [-0.25, -0.2) is 4.79 Å². The van der Waals surface area contributed by atoms with E-state index in [9.17, 15) is 4.79 Å². The second-order valence-corrected chi connectivity index (χ2v) is 11.0. The Bertz CT molecular complexity index is 1210. The predicted molar refractivity (Wildman–Crippen MR) is 132 cm³/mol. The molecule has 0 spiro atoms. The number of carbonyl (C=O) groups is 1. The third-order valence-corrected chi connectivity index (χ3v) is 6.87. The first kappa shape index (κ1) is 23.3. The lowest BCUT2D eigenvalue weighted by atomic mass is 10.1. The van der Waals surface area contributed by atoms with Crippen LogP contribution in [-0.2, 0) is 16.9 Å². The van der Waals surface area contributed by atoms with Crippen molar-refractivity contribution in [1.82, 2.24) is 25.1 Å². The Hall–Kier alpha value is -2.91. The zero-order valence-corrected chi connectivity index (χ0v) is 20.7. The second kappa shape index (κ2) is 9.93. The summed E-state index contributed by atoms with van der Waals surface area (Å²) in [6.45, 7) is 7.60. The molecule has 0 aliphatic heterocycles. The molecule has 2 aromatic carbocycles. The van der Waals surface area contributed by atoms with Gasteiger partial charge in [-0.05, 0) is 38.8 Å². The highest BCUT2D eigenvalue weighted by Gasteiger charge is 2.26. The van der Waals surface area contributed by atoms with Crippen molar-refractivity contribution in [2.75, 3.05) is 0 Å². The van der Waals surface area contributed by atoms with Crippen LogP contribution in [0.4, 0.5) is 4.79 Å². The first-order chi connectivity index (χ1) is 15.8.